The average molecular weight is 227 g/mol. The number of rotatable bonds is 2. The zero-order valence-corrected chi connectivity index (χ0v) is 9.71. The van der Waals surface area contributed by atoms with Crippen LogP contribution < -0.4 is 11.1 Å². The molecular weight excluding hydrogens is 206 g/mol. The Hall–Kier alpha value is -0.650. The fourth-order valence-electron chi connectivity index (χ4n) is 2.75. The summed E-state index contributed by atoms with van der Waals surface area (Å²) in [5.41, 5.74) is 5.19. The van der Waals surface area contributed by atoms with Crippen LogP contribution in [-0.2, 0) is 9.53 Å². The molecule has 3 N–H and O–H groups in total. The van der Waals surface area contributed by atoms with E-state index in [1.807, 2.05) is 0 Å². The van der Waals surface area contributed by atoms with E-state index in [-0.39, 0.29) is 5.91 Å². The summed E-state index contributed by atoms with van der Waals surface area (Å²) in [6, 6.07) is 0. The van der Waals surface area contributed by atoms with E-state index in [0.29, 0.717) is 6.61 Å². The maximum Gasteiger partial charge on any atom is 0.238 e. The molecule has 16 heavy (non-hydrogen) atoms. The molecular formula is C11H21N3O2. The maximum atomic E-state index is 11.8. The second-order valence-electron chi connectivity index (χ2n) is 4.60. The normalized spacial score (nSPS) is 33.2. The monoisotopic (exact) mass is 227 g/mol. The van der Waals surface area contributed by atoms with Crippen molar-refractivity contribution in [3.8, 4) is 0 Å². The van der Waals surface area contributed by atoms with Crippen molar-refractivity contribution in [2.75, 3.05) is 39.4 Å². The lowest BCUT2D eigenvalue weighted by Crippen LogP contribution is -2.62. The number of carbonyl (C=O) groups excluding carboxylic acids is 1. The molecule has 2 fully saturated rings. The Morgan fingerprint density at radius 3 is 2.69 bits per heavy atom. The van der Waals surface area contributed by atoms with E-state index < -0.39 is 5.54 Å². The van der Waals surface area contributed by atoms with Gasteiger partial charge in [0.05, 0.1) is 0 Å². The fraction of sp³-hybridized carbons (Fsp3) is 0.909. The van der Waals surface area contributed by atoms with Gasteiger partial charge in [0.2, 0.25) is 5.91 Å². The minimum absolute atomic E-state index is 0.181. The van der Waals surface area contributed by atoms with Gasteiger partial charge >= 0.3 is 0 Å². The SMILES string of the molecule is NC(=O)C1(N2CCNCC2)CCCOCC1. The molecule has 0 aromatic heterocycles. The van der Waals surface area contributed by atoms with Crippen LogP contribution in [0.2, 0.25) is 0 Å². The molecule has 0 aliphatic carbocycles. The largest absolute Gasteiger partial charge is 0.381 e. The molecule has 5 heteroatoms. The Kier molecular flexibility index (Phi) is 3.78. The number of carbonyl (C=O) groups is 1. The topological polar surface area (TPSA) is 67.6 Å². The zero-order chi connectivity index (χ0) is 11.4. The number of ether oxygens (including phenoxy) is 1. The van der Waals surface area contributed by atoms with Crippen molar-refractivity contribution in [2.24, 2.45) is 5.73 Å². The van der Waals surface area contributed by atoms with Gasteiger partial charge in [-0.05, 0) is 19.3 Å². The number of nitrogens with two attached hydrogens (primary N) is 1. The van der Waals surface area contributed by atoms with Crippen molar-refractivity contribution in [3.63, 3.8) is 0 Å². The molecule has 1 amide bonds. The van der Waals surface area contributed by atoms with Crippen LogP contribution in [0, 0.1) is 0 Å². The third-order valence-electron chi connectivity index (χ3n) is 3.72. The summed E-state index contributed by atoms with van der Waals surface area (Å²) in [7, 11) is 0. The molecule has 2 aliphatic heterocycles. The fourth-order valence-corrected chi connectivity index (χ4v) is 2.75. The van der Waals surface area contributed by atoms with Crippen LogP contribution in [0.5, 0.6) is 0 Å². The van der Waals surface area contributed by atoms with Crippen molar-refractivity contribution in [3.05, 3.63) is 0 Å². The van der Waals surface area contributed by atoms with Crippen molar-refractivity contribution in [1.29, 1.82) is 0 Å². The third-order valence-corrected chi connectivity index (χ3v) is 3.72. The lowest BCUT2D eigenvalue weighted by Gasteiger charge is -2.43. The van der Waals surface area contributed by atoms with Gasteiger partial charge < -0.3 is 15.8 Å². The number of amides is 1. The second kappa shape index (κ2) is 5.12. The highest BCUT2D eigenvalue weighted by atomic mass is 16.5. The number of primary amides is 1. The van der Waals surface area contributed by atoms with Crippen molar-refractivity contribution in [1.82, 2.24) is 10.2 Å². The maximum absolute atomic E-state index is 11.8. The molecule has 0 spiro atoms. The quantitative estimate of drug-likeness (QED) is 0.655. The summed E-state index contributed by atoms with van der Waals surface area (Å²) >= 11 is 0. The summed E-state index contributed by atoms with van der Waals surface area (Å²) in [6.45, 7) is 5.09. The van der Waals surface area contributed by atoms with Gasteiger partial charge in [-0.1, -0.05) is 0 Å². The van der Waals surface area contributed by atoms with Gasteiger partial charge in [0.25, 0.3) is 0 Å². The summed E-state index contributed by atoms with van der Waals surface area (Å²) in [6.07, 6.45) is 2.50. The van der Waals surface area contributed by atoms with Gasteiger partial charge in [-0.2, -0.15) is 0 Å². The Balaban J connectivity index is 2.14. The standard InChI is InChI=1S/C11H21N3O2/c12-10(15)11(2-1-8-16-9-3-11)14-6-4-13-5-7-14/h13H,1-9H2,(H2,12,15). The van der Waals surface area contributed by atoms with Crippen molar-refractivity contribution >= 4 is 5.91 Å². The van der Waals surface area contributed by atoms with E-state index in [0.717, 1.165) is 52.0 Å². The van der Waals surface area contributed by atoms with Crippen molar-refractivity contribution < 1.29 is 9.53 Å². The highest BCUT2D eigenvalue weighted by Crippen LogP contribution is 2.28. The number of piperazine rings is 1. The van der Waals surface area contributed by atoms with E-state index in [4.69, 9.17) is 10.5 Å². The van der Waals surface area contributed by atoms with Crippen LogP contribution in [0.1, 0.15) is 19.3 Å². The molecule has 2 aliphatic rings. The van der Waals surface area contributed by atoms with Gasteiger partial charge in [-0.15, -0.1) is 0 Å². The van der Waals surface area contributed by atoms with E-state index in [9.17, 15) is 4.79 Å². The van der Waals surface area contributed by atoms with Crippen LogP contribution in [-0.4, -0.2) is 55.7 Å². The van der Waals surface area contributed by atoms with Gasteiger partial charge in [0, 0.05) is 39.4 Å². The number of nitrogens with zero attached hydrogens (tertiary/aromatic N) is 1. The molecule has 1 unspecified atom stereocenters. The predicted octanol–water partition coefficient (Wildman–Crippen LogP) is -0.684. The van der Waals surface area contributed by atoms with Gasteiger partial charge in [-0.25, -0.2) is 0 Å². The molecule has 0 aromatic rings. The van der Waals surface area contributed by atoms with Crippen LogP contribution in [0.15, 0.2) is 0 Å². The van der Waals surface area contributed by atoms with Crippen LogP contribution in [0.4, 0.5) is 0 Å². The molecule has 0 saturated carbocycles. The highest BCUT2D eigenvalue weighted by molar-refractivity contribution is 5.84. The van der Waals surface area contributed by atoms with Crippen LogP contribution in [0.25, 0.3) is 0 Å². The van der Waals surface area contributed by atoms with E-state index >= 15 is 0 Å². The van der Waals surface area contributed by atoms with Crippen LogP contribution in [0.3, 0.4) is 0 Å². The first-order chi connectivity index (χ1) is 7.76. The Morgan fingerprint density at radius 2 is 2.00 bits per heavy atom. The molecule has 0 bridgehead atoms. The molecule has 2 heterocycles. The van der Waals surface area contributed by atoms with Gasteiger partial charge in [-0.3, -0.25) is 9.69 Å². The summed E-state index contributed by atoms with van der Waals surface area (Å²) in [5, 5.41) is 3.30. The first kappa shape index (κ1) is 11.8. The molecule has 0 radical (unpaired) electrons. The number of hydrogen-bond acceptors (Lipinski definition) is 4. The van der Waals surface area contributed by atoms with E-state index in [1.54, 1.807) is 0 Å². The molecule has 1 atom stereocenters. The van der Waals surface area contributed by atoms with Crippen molar-refractivity contribution in [2.45, 2.75) is 24.8 Å². The summed E-state index contributed by atoms with van der Waals surface area (Å²) in [5.74, 6) is -0.181. The minimum Gasteiger partial charge on any atom is -0.381 e. The molecule has 5 nitrogen and oxygen atoms in total. The van der Waals surface area contributed by atoms with Crippen LogP contribution >= 0.6 is 0 Å². The first-order valence-corrected chi connectivity index (χ1v) is 6.09. The third kappa shape index (κ3) is 2.21. The average Bonchev–Trinajstić information content (AvgIpc) is 2.56. The Bertz CT molecular complexity index is 244. The lowest BCUT2D eigenvalue weighted by atomic mass is 9.87. The highest BCUT2D eigenvalue weighted by Gasteiger charge is 2.42. The lowest BCUT2D eigenvalue weighted by molar-refractivity contribution is -0.132. The first-order valence-electron chi connectivity index (χ1n) is 6.09. The second-order valence-corrected chi connectivity index (χ2v) is 4.60. The zero-order valence-electron chi connectivity index (χ0n) is 9.71. The molecule has 2 rings (SSSR count). The van der Waals surface area contributed by atoms with Gasteiger partial charge in [0.15, 0.2) is 0 Å². The van der Waals surface area contributed by atoms with E-state index in [2.05, 4.69) is 10.2 Å². The number of nitrogens with one attached hydrogen (secondary N) is 1. The summed E-state index contributed by atoms with van der Waals surface area (Å²) < 4.78 is 5.44. The minimum atomic E-state index is -0.460. The number of hydrogen-bond donors (Lipinski definition) is 2. The summed E-state index contributed by atoms with van der Waals surface area (Å²) in [4.78, 5) is 14.1. The van der Waals surface area contributed by atoms with Gasteiger partial charge in [0.1, 0.15) is 5.54 Å². The molecule has 0 aromatic carbocycles. The smallest absolute Gasteiger partial charge is 0.238 e. The molecule has 2 saturated heterocycles. The Morgan fingerprint density at radius 1 is 1.25 bits per heavy atom. The van der Waals surface area contributed by atoms with E-state index in [1.165, 1.54) is 0 Å². The molecule has 92 valence electrons. The predicted molar refractivity (Wildman–Crippen MR) is 61.0 cm³/mol. The Labute approximate surface area is 96.3 Å².